The number of rotatable bonds is 5. The topological polar surface area (TPSA) is 89.0 Å². The Bertz CT molecular complexity index is 1030. The predicted molar refractivity (Wildman–Crippen MR) is 121 cm³/mol. The number of piperidine rings is 2. The summed E-state index contributed by atoms with van der Waals surface area (Å²) in [7, 11) is 0. The largest absolute Gasteiger partial charge is 0.375 e. The predicted octanol–water partition coefficient (Wildman–Crippen LogP) is 2.87. The first-order valence-electron chi connectivity index (χ1n) is 11.2. The van der Waals surface area contributed by atoms with Crippen LogP contribution in [0.5, 0.6) is 0 Å². The first kappa shape index (κ1) is 19.9. The number of pyridine rings is 1. The fourth-order valence-corrected chi connectivity index (χ4v) is 4.95. The van der Waals surface area contributed by atoms with Crippen molar-refractivity contribution in [2.75, 3.05) is 31.9 Å². The van der Waals surface area contributed by atoms with Gasteiger partial charge in [-0.05, 0) is 50.9 Å². The molecule has 0 spiro atoms. The third-order valence-electron chi connectivity index (χ3n) is 6.79. The molecule has 31 heavy (non-hydrogen) atoms. The zero-order valence-corrected chi connectivity index (χ0v) is 17.9. The highest BCUT2D eigenvalue weighted by molar-refractivity contribution is 5.70. The second-order valence-corrected chi connectivity index (χ2v) is 8.71. The van der Waals surface area contributed by atoms with Crippen molar-refractivity contribution in [3.05, 3.63) is 54.9 Å². The van der Waals surface area contributed by atoms with Gasteiger partial charge in [-0.25, -0.2) is 19.9 Å². The third-order valence-corrected chi connectivity index (χ3v) is 6.79. The van der Waals surface area contributed by atoms with E-state index in [0.717, 1.165) is 75.1 Å². The Hall–Kier alpha value is -3.00. The molecule has 5 heterocycles. The number of nitrogens with two attached hydrogens (primary N) is 1. The fraction of sp³-hybridized carbons (Fsp3) is 0.478. The number of allylic oxidation sites excluding steroid dienone is 1. The van der Waals surface area contributed by atoms with Gasteiger partial charge in [-0.15, -0.1) is 0 Å². The Balaban J connectivity index is 1.12. The van der Waals surface area contributed by atoms with Crippen LogP contribution in [-0.4, -0.2) is 60.5 Å². The van der Waals surface area contributed by atoms with Crippen LogP contribution < -0.4 is 5.73 Å². The van der Waals surface area contributed by atoms with E-state index in [4.69, 9.17) is 5.73 Å². The second-order valence-electron chi connectivity index (χ2n) is 8.71. The maximum absolute atomic E-state index is 5.58. The van der Waals surface area contributed by atoms with E-state index in [1.165, 1.54) is 5.70 Å². The lowest BCUT2D eigenvalue weighted by molar-refractivity contribution is 0.154. The Kier molecular flexibility index (Phi) is 5.55. The molecule has 2 saturated heterocycles. The monoisotopic (exact) mass is 418 g/mol. The maximum atomic E-state index is 5.58. The van der Waals surface area contributed by atoms with Crippen molar-refractivity contribution in [3.63, 3.8) is 0 Å². The Morgan fingerprint density at radius 2 is 1.74 bits per heavy atom. The molecule has 2 aliphatic heterocycles. The summed E-state index contributed by atoms with van der Waals surface area (Å²) in [5.74, 6) is 0.909. The Morgan fingerprint density at radius 3 is 2.48 bits per heavy atom. The van der Waals surface area contributed by atoms with Gasteiger partial charge in [-0.3, -0.25) is 4.90 Å². The number of nitrogens with zero attached hydrogens (tertiary/aromatic N) is 7. The van der Waals surface area contributed by atoms with E-state index in [2.05, 4.69) is 40.9 Å². The molecule has 5 rings (SSSR count). The van der Waals surface area contributed by atoms with Crippen molar-refractivity contribution in [1.82, 2.24) is 34.3 Å². The lowest BCUT2D eigenvalue weighted by Crippen LogP contribution is -2.40. The summed E-state index contributed by atoms with van der Waals surface area (Å²) in [6.45, 7) is 9.66. The Labute approximate surface area is 182 Å². The average Bonchev–Trinajstić information content (AvgIpc) is 3.25. The lowest BCUT2D eigenvalue weighted by Gasteiger charge is -2.40. The van der Waals surface area contributed by atoms with Crippen LogP contribution in [0.2, 0.25) is 0 Å². The van der Waals surface area contributed by atoms with Crippen LogP contribution in [0.4, 0.5) is 5.95 Å². The van der Waals surface area contributed by atoms with Gasteiger partial charge in [0.05, 0.1) is 6.33 Å². The van der Waals surface area contributed by atoms with Gasteiger partial charge < -0.3 is 15.2 Å². The second kappa shape index (κ2) is 8.63. The summed E-state index contributed by atoms with van der Waals surface area (Å²) in [6, 6.07) is 4.44. The molecule has 2 aliphatic rings. The molecule has 8 heteroatoms. The van der Waals surface area contributed by atoms with Crippen LogP contribution in [-0.2, 0) is 6.54 Å². The summed E-state index contributed by atoms with van der Waals surface area (Å²) in [4.78, 5) is 22.2. The minimum atomic E-state index is 0.333. The van der Waals surface area contributed by atoms with Gasteiger partial charge in [-0.2, -0.15) is 0 Å². The molecule has 3 aromatic rings. The van der Waals surface area contributed by atoms with Crippen LogP contribution in [0.3, 0.4) is 0 Å². The quantitative estimate of drug-likeness (QED) is 0.681. The average molecular weight is 419 g/mol. The first-order valence-corrected chi connectivity index (χ1v) is 11.2. The summed E-state index contributed by atoms with van der Waals surface area (Å²) in [6.07, 6.45) is 12.0. The molecule has 2 N–H and O–H groups in total. The lowest BCUT2D eigenvalue weighted by atomic mass is 9.91. The summed E-state index contributed by atoms with van der Waals surface area (Å²) in [5, 5.41) is 0. The summed E-state index contributed by atoms with van der Waals surface area (Å²) >= 11 is 0. The van der Waals surface area contributed by atoms with Gasteiger partial charge >= 0.3 is 0 Å². The molecule has 0 unspecified atom stereocenters. The van der Waals surface area contributed by atoms with Crippen molar-refractivity contribution in [3.8, 4) is 0 Å². The number of imidazole rings is 1. The number of hydrogen-bond acceptors (Lipinski definition) is 7. The molecular weight excluding hydrogens is 388 g/mol. The zero-order valence-electron chi connectivity index (χ0n) is 17.9. The van der Waals surface area contributed by atoms with E-state index >= 15 is 0 Å². The summed E-state index contributed by atoms with van der Waals surface area (Å²) < 4.78 is 2.26. The molecule has 0 aromatic carbocycles. The van der Waals surface area contributed by atoms with Crippen molar-refractivity contribution in [1.29, 1.82) is 0 Å². The van der Waals surface area contributed by atoms with E-state index in [1.54, 1.807) is 0 Å². The smallest absolute Gasteiger partial charge is 0.219 e. The number of aromatic nitrogens is 5. The molecule has 0 radical (unpaired) electrons. The molecule has 0 amide bonds. The van der Waals surface area contributed by atoms with Crippen LogP contribution in [0.25, 0.3) is 11.2 Å². The van der Waals surface area contributed by atoms with Crippen molar-refractivity contribution < 1.29 is 0 Å². The minimum Gasteiger partial charge on any atom is -0.375 e. The minimum absolute atomic E-state index is 0.333. The molecule has 0 aliphatic carbocycles. The molecule has 0 saturated carbocycles. The Morgan fingerprint density at radius 1 is 1.00 bits per heavy atom. The zero-order chi connectivity index (χ0) is 21.2. The van der Waals surface area contributed by atoms with Crippen molar-refractivity contribution in [2.45, 2.75) is 38.3 Å². The van der Waals surface area contributed by atoms with E-state index in [-0.39, 0.29) is 0 Å². The highest BCUT2D eigenvalue weighted by atomic mass is 15.2. The van der Waals surface area contributed by atoms with Gasteiger partial charge in [0.15, 0.2) is 5.65 Å². The van der Waals surface area contributed by atoms with Gasteiger partial charge in [0.2, 0.25) is 5.95 Å². The van der Waals surface area contributed by atoms with E-state index in [9.17, 15) is 0 Å². The standard InChI is InChI=1S/C23H30N8/c1-17(19-4-9-29(10-5-19)15-18-13-26-23(24)27-14-18)30-11-6-20(7-12-30)31-16-28-21-3-2-8-25-22(21)31/h2-3,8,13-14,16,19-20H,1,4-7,9-12,15H2,(H2,24,26,27). The van der Waals surface area contributed by atoms with Gasteiger partial charge in [0.1, 0.15) is 5.52 Å². The van der Waals surface area contributed by atoms with Gasteiger partial charge in [-0.1, -0.05) is 6.58 Å². The molecule has 8 nitrogen and oxygen atoms in total. The van der Waals surface area contributed by atoms with Crippen LogP contribution in [0, 0.1) is 5.92 Å². The van der Waals surface area contributed by atoms with Gasteiger partial charge in [0.25, 0.3) is 0 Å². The summed E-state index contributed by atoms with van der Waals surface area (Å²) in [5.41, 5.74) is 10.0. The highest BCUT2D eigenvalue weighted by Crippen LogP contribution is 2.32. The molecule has 162 valence electrons. The number of anilines is 1. The number of nitrogen functional groups attached to an aromatic ring is 1. The van der Waals surface area contributed by atoms with Crippen molar-refractivity contribution in [2.24, 2.45) is 5.92 Å². The number of fused-ring (bicyclic) bond motifs is 1. The van der Waals surface area contributed by atoms with E-state index in [1.807, 2.05) is 37.1 Å². The van der Waals surface area contributed by atoms with E-state index in [0.29, 0.717) is 17.9 Å². The first-order chi connectivity index (χ1) is 15.2. The van der Waals surface area contributed by atoms with Crippen LogP contribution in [0.1, 0.15) is 37.3 Å². The maximum Gasteiger partial charge on any atom is 0.219 e. The normalized spacial score (nSPS) is 19.2. The van der Waals surface area contributed by atoms with E-state index < -0.39 is 0 Å². The molecule has 0 bridgehead atoms. The molecule has 2 fully saturated rings. The fourth-order valence-electron chi connectivity index (χ4n) is 4.95. The SMILES string of the molecule is C=C(C1CCN(Cc2cnc(N)nc2)CC1)N1CCC(n2cnc3cccnc32)CC1. The molecule has 0 atom stereocenters. The van der Waals surface area contributed by atoms with Gasteiger partial charge in [0, 0.05) is 61.4 Å². The van der Waals surface area contributed by atoms with Crippen LogP contribution in [0.15, 0.2) is 49.3 Å². The third kappa shape index (κ3) is 4.25. The van der Waals surface area contributed by atoms with Crippen molar-refractivity contribution >= 4 is 17.1 Å². The van der Waals surface area contributed by atoms with Crippen LogP contribution >= 0.6 is 0 Å². The molecular formula is C23H30N8. The highest BCUT2D eigenvalue weighted by Gasteiger charge is 2.28. The number of likely N-dealkylation sites (tertiary alicyclic amines) is 2. The molecule has 3 aromatic heterocycles. The number of hydrogen-bond donors (Lipinski definition) is 1.